The Morgan fingerprint density at radius 3 is 2.72 bits per heavy atom. The molecule has 2 rings (SSSR count). The van der Waals surface area contributed by atoms with Crippen LogP contribution in [0.25, 0.3) is 0 Å². The standard InChI is InChI=1S/C13H15BrFNO2/c14-11-9(2-1-3-10(11)15)8-13(12(17)18)4-6-16-7-5-13/h1-3,16H,4-8H2,(H,17,18). The zero-order valence-corrected chi connectivity index (χ0v) is 11.5. The van der Waals surface area contributed by atoms with E-state index >= 15 is 0 Å². The van der Waals surface area contributed by atoms with E-state index in [1.165, 1.54) is 6.07 Å². The maximum Gasteiger partial charge on any atom is 0.310 e. The first-order chi connectivity index (χ1) is 8.55. The number of rotatable bonds is 3. The number of aliphatic carboxylic acids is 1. The number of benzene rings is 1. The summed E-state index contributed by atoms with van der Waals surface area (Å²) in [6.45, 7) is 1.39. The Balaban J connectivity index is 2.29. The van der Waals surface area contributed by atoms with Crippen LogP contribution in [-0.2, 0) is 11.2 Å². The molecule has 1 heterocycles. The highest BCUT2D eigenvalue weighted by molar-refractivity contribution is 9.10. The molecule has 0 bridgehead atoms. The monoisotopic (exact) mass is 315 g/mol. The molecule has 3 nitrogen and oxygen atoms in total. The minimum Gasteiger partial charge on any atom is -0.481 e. The van der Waals surface area contributed by atoms with E-state index < -0.39 is 11.4 Å². The number of halogens is 2. The summed E-state index contributed by atoms with van der Waals surface area (Å²) < 4.78 is 13.8. The molecule has 0 saturated carbocycles. The number of piperidine rings is 1. The van der Waals surface area contributed by atoms with Gasteiger partial charge in [-0.3, -0.25) is 4.79 Å². The lowest BCUT2D eigenvalue weighted by Gasteiger charge is -2.34. The average molecular weight is 316 g/mol. The van der Waals surface area contributed by atoms with Gasteiger partial charge in [-0.05, 0) is 59.9 Å². The molecular formula is C13H15BrFNO2. The Morgan fingerprint density at radius 2 is 2.11 bits per heavy atom. The van der Waals surface area contributed by atoms with E-state index in [-0.39, 0.29) is 5.82 Å². The molecule has 0 aliphatic carbocycles. The van der Waals surface area contributed by atoms with Crippen LogP contribution in [0.15, 0.2) is 22.7 Å². The third kappa shape index (κ3) is 2.57. The van der Waals surface area contributed by atoms with Crippen LogP contribution in [-0.4, -0.2) is 24.2 Å². The van der Waals surface area contributed by atoms with Crippen molar-refractivity contribution in [3.63, 3.8) is 0 Å². The molecule has 18 heavy (non-hydrogen) atoms. The van der Waals surface area contributed by atoms with E-state index in [2.05, 4.69) is 21.2 Å². The van der Waals surface area contributed by atoms with E-state index in [4.69, 9.17) is 0 Å². The van der Waals surface area contributed by atoms with Crippen molar-refractivity contribution < 1.29 is 14.3 Å². The van der Waals surface area contributed by atoms with Gasteiger partial charge in [0.1, 0.15) is 5.82 Å². The molecule has 0 unspecified atom stereocenters. The lowest BCUT2D eigenvalue weighted by molar-refractivity contribution is -0.150. The Labute approximate surface area is 114 Å². The molecule has 0 aromatic heterocycles. The maximum absolute atomic E-state index is 13.5. The molecular weight excluding hydrogens is 301 g/mol. The second-order valence-electron chi connectivity index (χ2n) is 4.73. The summed E-state index contributed by atoms with van der Waals surface area (Å²) in [6, 6.07) is 4.76. The van der Waals surface area contributed by atoms with E-state index in [0.717, 1.165) is 5.56 Å². The number of carbonyl (C=O) groups is 1. The average Bonchev–Trinajstić information content (AvgIpc) is 2.36. The van der Waals surface area contributed by atoms with Gasteiger partial charge in [0.15, 0.2) is 0 Å². The SMILES string of the molecule is O=C(O)C1(Cc2cccc(F)c2Br)CCNCC1. The Kier molecular flexibility index (Phi) is 4.02. The van der Waals surface area contributed by atoms with Crippen molar-refractivity contribution in [3.8, 4) is 0 Å². The van der Waals surface area contributed by atoms with E-state index in [0.29, 0.717) is 36.8 Å². The second-order valence-corrected chi connectivity index (χ2v) is 5.52. The topological polar surface area (TPSA) is 49.3 Å². The molecule has 1 aliphatic heterocycles. The predicted octanol–water partition coefficient (Wildman–Crippen LogP) is 2.59. The summed E-state index contributed by atoms with van der Waals surface area (Å²) in [5.41, 5.74) is -0.0547. The highest BCUT2D eigenvalue weighted by atomic mass is 79.9. The van der Waals surface area contributed by atoms with Gasteiger partial charge in [-0.1, -0.05) is 12.1 Å². The lowest BCUT2D eigenvalue weighted by Crippen LogP contribution is -2.43. The van der Waals surface area contributed by atoms with Crippen LogP contribution >= 0.6 is 15.9 Å². The van der Waals surface area contributed by atoms with Crippen LogP contribution in [0.3, 0.4) is 0 Å². The van der Waals surface area contributed by atoms with Crippen LogP contribution in [0.5, 0.6) is 0 Å². The summed E-state index contributed by atoms with van der Waals surface area (Å²) in [7, 11) is 0. The first kappa shape index (κ1) is 13.5. The van der Waals surface area contributed by atoms with E-state index in [1.807, 2.05) is 0 Å². The van der Waals surface area contributed by atoms with E-state index in [9.17, 15) is 14.3 Å². The number of carboxylic acids is 1. The first-order valence-electron chi connectivity index (χ1n) is 5.92. The maximum atomic E-state index is 13.5. The van der Waals surface area contributed by atoms with Crippen molar-refractivity contribution in [2.75, 3.05) is 13.1 Å². The van der Waals surface area contributed by atoms with Gasteiger partial charge in [0.05, 0.1) is 9.89 Å². The third-order valence-corrected chi connectivity index (χ3v) is 4.46. The first-order valence-corrected chi connectivity index (χ1v) is 6.71. The van der Waals surface area contributed by atoms with Gasteiger partial charge in [0.2, 0.25) is 0 Å². The zero-order chi connectivity index (χ0) is 13.2. The van der Waals surface area contributed by atoms with Gasteiger partial charge in [-0.25, -0.2) is 4.39 Å². The number of hydrogen-bond donors (Lipinski definition) is 2. The molecule has 2 N–H and O–H groups in total. The largest absolute Gasteiger partial charge is 0.481 e. The molecule has 1 aromatic rings. The van der Waals surface area contributed by atoms with Crippen molar-refractivity contribution in [1.29, 1.82) is 0 Å². The highest BCUT2D eigenvalue weighted by Crippen LogP contribution is 2.35. The fourth-order valence-electron chi connectivity index (χ4n) is 2.42. The zero-order valence-electron chi connectivity index (χ0n) is 9.88. The fourth-order valence-corrected chi connectivity index (χ4v) is 2.83. The van der Waals surface area contributed by atoms with Crippen LogP contribution < -0.4 is 5.32 Å². The molecule has 0 radical (unpaired) electrons. The minimum absolute atomic E-state index is 0.345. The predicted molar refractivity (Wildman–Crippen MR) is 70.0 cm³/mol. The summed E-state index contributed by atoms with van der Waals surface area (Å²) in [5, 5.41) is 12.6. The quantitative estimate of drug-likeness (QED) is 0.901. The highest BCUT2D eigenvalue weighted by Gasteiger charge is 2.40. The molecule has 1 fully saturated rings. The van der Waals surface area contributed by atoms with Crippen LogP contribution in [0, 0.1) is 11.2 Å². The number of carboxylic acid groups (broad SMARTS) is 1. The van der Waals surface area contributed by atoms with Crippen molar-refractivity contribution >= 4 is 21.9 Å². The molecule has 0 spiro atoms. The summed E-state index contributed by atoms with van der Waals surface area (Å²) in [4.78, 5) is 11.5. The van der Waals surface area contributed by atoms with Crippen molar-refractivity contribution in [3.05, 3.63) is 34.1 Å². The molecule has 1 aromatic carbocycles. The van der Waals surface area contributed by atoms with Gasteiger partial charge in [0.25, 0.3) is 0 Å². The molecule has 0 amide bonds. The third-order valence-electron chi connectivity index (χ3n) is 3.57. The molecule has 1 aliphatic rings. The summed E-state index contributed by atoms with van der Waals surface area (Å²) in [5.74, 6) is -1.14. The van der Waals surface area contributed by atoms with Gasteiger partial charge >= 0.3 is 5.97 Å². The Bertz CT molecular complexity index is 458. The minimum atomic E-state index is -0.792. The molecule has 0 atom stereocenters. The second kappa shape index (κ2) is 5.36. The Morgan fingerprint density at radius 1 is 1.44 bits per heavy atom. The summed E-state index contributed by atoms with van der Waals surface area (Å²) >= 11 is 3.20. The Hall–Kier alpha value is -0.940. The van der Waals surface area contributed by atoms with Gasteiger partial charge in [0, 0.05) is 0 Å². The van der Waals surface area contributed by atoms with Crippen LogP contribution in [0.2, 0.25) is 0 Å². The van der Waals surface area contributed by atoms with Crippen LogP contribution in [0.1, 0.15) is 18.4 Å². The van der Waals surface area contributed by atoms with E-state index in [1.54, 1.807) is 12.1 Å². The van der Waals surface area contributed by atoms with Crippen molar-refractivity contribution in [2.45, 2.75) is 19.3 Å². The molecule has 1 saturated heterocycles. The van der Waals surface area contributed by atoms with Gasteiger partial charge in [-0.15, -0.1) is 0 Å². The van der Waals surface area contributed by atoms with Gasteiger partial charge < -0.3 is 10.4 Å². The van der Waals surface area contributed by atoms with Gasteiger partial charge in [-0.2, -0.15) is 0 Å². The van der Waals surface area contributed by atoms with Crippen molar-refractivity contribution in [2.24, 2.45) is 5.41 Å². The van der Waals surface area contributed by atoms with Crippen molar-refractivity contribution in [1.82, 2.24) is 5.32 Å². The fraction of sp³-hybridized carbons (Fsp3) is 0.462. The smallest absolute Gasteiger partial charge is 0.310 e. The number of hydrogen-bond acceptors (Lipinski definition) is 2. The summed E-state index contributed by atoms with van der Waals surface area (Å²) in [6.07, 6.45) is 1.51. The van der Waals surface area contributed by atoms with Crippen LogP contribution in [0.4, 0.5) is 4.39 Å². The number of nitrogens with one attached hydrogen (secondary N) is 1. The molecule has 98 valence electrons. The normalized spacial score (nSPS) is 18.6. The lowest BCUT2D eigenvalue weighted by atomic mass is 9.74. The molecule has 5 heteroatoms.